The van der Waals surface area contributed by atoms with Crippen molar-refractivity contribution in [2.75, 3.05) is 5.73 Å². The zero-order valence-electron chi connectivity index (χ0n) is 12.5. The second-order valence-corrected chi connectivity index (χ2v) is 7.24. The number of nitrogens with two attached hydrogens (primary N) is 1. The van der Waals surface area contributed by atoms with E-state index in [1.807, 2.05) is 12.1 Å². The number of hydrogen-bond donors (Lipinski definition) is 1. The Morgan fingerprint density at radius 2 is 2.09 bits per heavy atom. The minimum Gasteiger partial charge on any atom is -0.398 e. The van der Waals surface area contributed by atoms with Crippen molar-refractivity contribution in [3.63, 3.8) is 0 Å². The molecular weight excluding hydrogens is 270 g/mol. The quantitative estimate of drug-likeness (QED) is 0.582. The van der Waals surface area contributed by atoms with Gasteiger partial charge in [0.05, 0.1) is 0 Å². The summed E-state index contributed by atoms with van der Waals surface area (Å²) in [5.74, 6) is 1.61. The largest absolute Gasteiger partial charge is 0.398 e. The van der Waals surface area contributed by atoms with Crippen molar-refractivity contribution in [3.05, 3.63) is 53.6 Å². The smallest absolute Gasteiger partial charge is 0.163 e. The Bertz CT molecular complexity index is 850. The lowest BCUT2D eigenvalue weighted by molar-refractivity contribution is 0.0944. The van der Waals surface area contributed by atoms with Crippen molar-refractivity contribution in [2.24, 2.45) is 11.8 Å². The molecule has 0 aliphatic heterocycles. The third-order valence-electron chi connectivity index (χ3n) is 6.20. The van der Waals surface area contributed by atoms with Crippen LogP contribution in [0.25, 0.3) is 10.8 Å². The Kier molecular flexibility index (Phi) is 2.27. The second kappa shape index (κ2) is 4.01. The maximum Gasteiger partial charge on any atom is 0.163 e. The molecule has 1 saturated carbocycles. The molecule has 0 heterocycles. The van der Waals surface area contributed by atoms with Gasteiger partial charge in [-0.3, -0.25) is 4.79 Å². The van der Waals surface area contributed by atoms with Gasteiger partial charge in [0.1, 0.15) is 0 Å². The molecule has 2 N–H and O–H groups in total. The molecule has 5 rings (SSSR count). The van der Waals surface area contributed by atoms with Crippen LogP contribution in [0.4, 0.5) is 5.69 Å². The monoisotopic (exact) mass is 289 g/mol. The SMILES string of the molecule is Nc1cccc2cc3c(cc12)C(=O)CCC31CC2C=CC1C2. The van der Waals surface area contributed by atoms with Gasteiger partial charge in [0.25, 0.3) is 0 Å². The molecule has 2 aromatic carbocycles. The lowest BCUT2D eigenvalue weighted by atomic mass is 9.62. The number of ketones is 1. The van der Waals surface area contributed by atoms with Crippen LogP contribution < -0.4 is 5.73 Å². The molecular formula is C20H19NO. The van der Waals surface area contributed by atoms with Gasteiger partial charge in [-0.2, -0.15) is 0 Å². The van der Waals surface area contributed by atoms with E-state index in [1.165, 1.54) is 23.8 Å². The Morgan fingerprint density at radius 1 is 1.18 bits per heavy atom. The first-order valence-corrected chi connectivity index (χ1v) is 8.22. The lowest BCUT2D eigenvalue weighted by Crippen LogP contribution is -2.36. The van der Waals surface area contributed by atoms with Gasteiger partial charge in [-0.15, -0.1) is 0 Å². The molecule has 2 heteroatoms. The molecule has 1 spiro atoms. The van der Waals surface area contributed by atoms with Gasteiger partial charge in [-0.1, -0.05) is 24.3 Å². The molecule has 0 radical (unpaired) electrons. The number of benzene rings is 2. The van der Waals surface area contributed by atoms with Gasteiger partial charge in [0, 0.05) is 28.5 Å². The maximum atomic E-state index is 12.5. The van der Waals surface area contributed by atoms with Crippen molar-refractivity contribution in [1.29, 1.82) is 0 Å². The molecule has 22 heavy (non-hydrogen) atoms. The maximum absolute atomic E-state index is 12.5. The molecule has 110 valence electrons. The highest BCUT2D eigenvalue weighted by molar-refractivity contribution is 6.05. The van der Waals surface area contributed by atoms with E-state index in [0.29, 0.717) is 18.3 Å². The summed E-state index contributed by atoms with van der Waals surface area (Å²) >= 11 is 0. The minimum atomic E-state index is 0.196. The predicted octanol–water partition coefficient (Wildman–Crippen LogP) is 4.23. The lowest BCUT2D eigenvalue weighted by Gasteiger charge is -2.40. The third-order valence-corrected chi connectivity index (χ3v) is 6.20. The van der Waals surface area contributed by atoms with E-state index in [4.69, 9.17) is 5.73 Å². The normalized spacial score (nSPS) is 32.1. The number of anilines is 1. The molecule has 3 aliphatic carbocycles. The van der Waals surface area contributed by atoms with Crippen LogP contribution in [0.5, 0.6) is 0 Å². The van der Waals surface area contributed by atoms with Crippen LogP contribution in [0.2, 0.25) is 0 Å². The Morgan fingerprint density at radius 3 is 2.86 bits per heavy atom. The Hall–Kier alpha value is -2.09. The van der Waals surface area contributed by atoms with Crippen LogP contribution in [0, 0.1) is 11.8 Å². The second-order valence-electron chi connectivity index (χ2n) is 7.24. The fraction of sp³-hybridized carbons (Fsp3) is 0.350. The molecule has 0 saturated heterocycles. The average Bonchev–Trinajstić information content (AvgIpc) is 3.12. The number of nitrogen functional groups attached to an aromatic ring is 1. The van der Waals surface area contributed by atoms with E-state index >= 15 is 0 Å². The molecule has 0 aromatic heterocycles. The third kappa shape index (κ3) is 1.43. The summed E-state index contributed by atoms with van der Waals surface area (Å²) in [6, 6.07) is 10.3. The van der Waals surface area contributed by atoms with E-state index in [1.54, 1.807) is 0 Å². The number of hydrogen-bond acceptors (Lipinski definition) is 2. The first kappa shape index (κ1) is 12.5. The topological polar surface area (TPSA) is 43.1 Å². The van der Waals surface area contributed by atoms with E-state index in [-0.39, 0.29) is 11.2 Å². The number of carbonyl (C=O) groups excluding carboxylic acids is 1. The van der Waals surface area contributed by atoms with Crippen LogP contribution in [-0.2, 0) is 5.41 Å². The van der Waals surface area contributed by atoms with Gasteiger partial charge in [0.2, 0.25) is 0 Å². The molecule has 2 aromatic rings. The van der Waals surface area contributed by atoms with Crippen molar-refractivity contribution in [1.82, 2.24) is 0 Å². The number of carbonyl (C=O) groups is 1. The summed E-state index contributed by atoms with van der Waals surface area (Å²) in [6.07, 6.45) is 8.95. The molecule has 0 amide bonds. The van der Waals surface area contributed by atoms with Gasteiger partial charge in [-0.05, 0) is 60.2 Å². The van der Waals surface area contributed by atoms with E-state index in [9.17, 15) is 4.79 Å². The molecule has 2 nitrogen and oxygen atoms in total. The molecule has 3 unspecified atom stereocenters. The number of allylic oxidation sites excluding steroid dienone is 2. The van der Waals surface area contributed by atoms with E-state index < -0.39 is 0 Å². The van der Waals surface area contributed by atoms with Crippen LogP contribution >= 0.6 is 0 Å². The predicted molar refractivity (Wildman–Crippen MR) is 89.0 cm³/mol. The van der Waals surface area contributed by atoms with E-state index in [2.05, 4.69) is 30.4 Å². The van der Waals surface area contributed by atoms with Gasteiger partial charge in [0.15, 0.2) is 5.78 Å². The number of fused-ring (bicyclic) bond motifs is 6. The van der Waals surface area contributed by atoms with Crippen LogP contribution in [0.3, 0.4) is 0 Å². The zero-order chi connectivity index (χ0) is 14.9. The fourth-order valence-electron chi connectivity index (χ4n) is 5.15. The first-order chi connectivity index (χ1) is 10.7. The molecule has 2 bridgehead atoms. The van der Waals surface area contributed by atoms with Crippen LogP contribution in [-0.4, -0.2) is 5.78 Å². The van der Waals surface area contributed by atoms with Crippen molar-refractivity contribution >= 4 is 22.2 Å². The highest BCUT2D eigenvalue weighted by atomic mass is 16.1. The summed E-state index contributed by atoms with van der Waals surface area (Å²) in [4.78, 5) is 12.5. The van der Waals surface area contributed by atoms with Gasteiger partial charge in [-0.25, -0.2) is 0 Å². The number of rotatable bonds is 0. The van der Waals surface area contributed by atoms with Gasteiger partial charge >= 0.3 is 0 Å². The molecule has 3 aliphatic rings. The van der Waals surface area contributed by atoms with Gasteiger partial charge < -0.3 is 5.73 Å². The standard InChI is InChI=1S/C20H19NO/c21-18-3-1-2-13-9-17-16(10-15(13)18)19(22)6-7-20(17)11-12-4-5-14(20)8-12/h1-5,9-10,12,14H,6-8,11,21H2. The summed E-state index contributed by atoms with van der Waals surface area (Å²) in [6.45, 7) is 0. The number of Topliss-reactive ketones (excluding diaryl/α,β-unsaturated/α-hetero) is 1. The zero-order valence-corrected chi connectivity index (χ0v) is 12.5. The van der Waals surface area contributed by atoms with Crippen molar-refractivity contribution < 1.29 is 4.79 Å². The first-order valence-electron chi connectivity index (χ1n) is 8.22. The summed E-state index contributed by atoms with van der Waals surface area (Å²) in [5.41, 5.74) is 9.30. The molecule has 1 fully saturated rings. The Balaban J connectivity index is 1.81. The van der Waals surface area contributed by atoms with E-state index in [0.717, 1.165) is 23.1 Å². The Labute approximate surface area is 130 Å². The average molecular weight is 289 g/mol. The van der Waals surface area contributed by atoms with Crippen LogP contribution in [0.15, 0.2) is 42.5 Å². The molecule has 3 atom stereocenters. The summed E-state index contributed by atoms with van der Waals surface area (Å²) in [5, 5.41) is 2.19. The summed E-state index contributed by atoms with van der Waals surface area (Å²) < 4.78 is 0. The van der Waals surface area contributed by atoms with Crippen LogP contribution in [0.1, 0.15) is 41.6 Å². The minimum absolute atomic E-state index is 0.196. The van der Waals surface area contributed by atoms with Crippen molar-refractivity contribution in [3.8, 4) is 0 Å². The summed E-state index contributed by atoms with van der Waals surface area (Å²) in [7, 11) is 0. The highest BCUT2D eigenvalue weighted by Crippen LogP contribution is 2.58. The highest BCUT2D eigenvalue weighted by Gasteiger charge is 2.52. The fourth-order valence-corrected chi connectivity index (χ4v) is 5.15. The van der Waals surface area contributed by atoms with Crippen molar-refractivity contribution in [2.45, 2.75) is 31.1 Å².